The third-order valence-corrected chi connectivity index (χ3v) is 7.26. The van der Waals surface area contributed by atoms with E-state index in [9.17, 15) is 4.39 Å². The molecule has 9 nitrogen and oxygen atoms in total. The molecular weight excluding hydrogens is 445 g/mol. The minimum atomic E-state index is -0.909. The van der Waals surface area contributed by atoms with Crippen molar-refractivity contribution in [1.29, 1.82) is 0 Å². The average Bonchev–Trinajstić information content (AvgIpc) is 3.56. The van der Waals surface area contributed by atoms with Crippen LogP contribution in [0.3, 0.4) is 0 Å². The van der Waals surface area contributed by atoms with Crippen LogP contribution in [0.5, 0.6) is 0 Å². The highest BCUT2D eigenvalue weighted by Gasteiger charge is 2.69. The summed E-state index contributed by atoms with van der Waals surface area (Å²) in [4.78, 5) is 9.23. The van der Waals surface area contributed by atoms with Crippen LogP contribution in [0.1, 0.15) is 30.5 Å². The van der Waals surface area contributed by atoms with E-state index < -0.39 is 5.67 Å². The predicted octanol–water partition coefficient (Wildman–Crippen LogP) is 3.25. The number of rotatable bonds is 7. The normalized spacial score (nSPS) is 22.8. The Hall–Kier alpha value is -3.92. The van der Waals surface area contributed by atoms with E-state index in [0.717, 1.165) is 46.1 Å². The van der Waals surface area contributed by atoms with Gasteiger partial charge in [0, 0.05) is 43.4 Å². The number of halogens is 1. The van der Waals surface area contributed by atoms with E-state index in [4.69, 9.17) is 5.73 Å². The molecule has 2 bridgehead atoms. The number of alkyl halides is 1. The number of hydrogen-bond acceptors (Lipinski definition) is 6. The SMILES string of the molecule is NCc1ccc2nc(Cn3cc(-c4ccnc(-c5ccnn5CC56CC(F)(C5)C6)c4)nn3)cn2c1. The van der Waals surface area contributed by atoms with Crippen LogP contribution in [-0.2, 0) is 19.6 Å². The second-order valence-electron chi connectivity index (χ2n) is 10.0. The summed E-state index contributed by atoms with van der Waals surface area (Å²) in [5.74, 6) is 0. The molecule has 3 fully saturated rings. The van der Waals surface area contributed by atoms with E-state index in [2.05, 4.69) is 25.4 Å². The first-order valence-corrected chi connectivity index (χ1v) is 11.7. The molecule has 3 saturated carbocycles. The molecule has 0 atom stereocenters. The van der Waals surface area contributed by atoms with E-state index >= 15 is 0 Å². The van der Waals surface area contributed by atoms with Crippen LogP contribution in [0.4, 0.5) is 4.39 Å². The first-order chi connectivity index (χ1) is 17.0. The lowest BCUT2D eigenvalue weighted by molar-refractivity contribution is -0.221. The van der Waals surface area contributed by atoms with Crippen LogP contribution in [0, 0.1) is 5.41 Å². The average molecular weight is 470 g/mol. The number of hydrogen-bond donors (Lipinski definition) is 1. The van der Waals surface area contributed by atoms with Crippen molar-refractivity contribution in [2.45, 2.75) is 44.6 Å². The second-order valence-corrected chi connectivity index (χ2v) is 10.0. The minimum absolute atomic E-state index is 0.0691. The van der Waals surface area contributed by atoms with Gasteiger partial charge in [0.05, 0.1) is 29.8 Å². The molecule has 8 rings (SSSR count). The highest BCUT2D eigenvalue weighted by molar-refractivity contribution is 5.65. The number of nitrogens with zero attached hydrogens (tertiary/aromatic N) is 8. The zero-order valence-corrected chi connectivity index (χ0v) is 19.0. The van der Waals surface area contributed by atoms with Crippen molar-refractivity contribution in [2.24, 2.45) is 11.1 Å². The van der Waals surface area contributed by atoms with Crippen LogP contribution < -0.4 is 5.73 Å². The Balaban J connectivity index is 1.11. The summed E-state index contributed by atoms with van der Waals surface area (Å²) in [5, 5.41) is 13.2. The highest BCUT2D eigenvalue weighted by atomic mass is 19.1. The summed E-state index contributed by atoms with van der Waals surface area (Å²) in [6.07, 6.45) is 11.4. The maximum absolute atomic E-state index is 14.0. The van der Waals surface area contributed by atoms with Crippen molar-refractivity contribution in [2.75, 3.05) is 0 Å². The van der Waals surface area contributed by atoms with Gasteiger partial charge in [0.2, 0.25) is 0 Å². The third-order valence-electron chi connectivity index (χ3n) is 7.26. The molecule has 0 amide bonds. The molecule has 0 aromatic carbocycles. The molecule has 0 saturated heterocycles. The Morgan fingerprint density at radius 1 is 1.00 bits per heavy atom. The molecule has 0 spiro atoms. The zero-order valence-electron chi connectivity index (χ0n) is 19.0. The van der Waals surface area contributed by atoms with Crippen molar-refractivity contribution in [3.63, 3.8) is 0 Å². The van der Waals surface area contributed by atoms with Gasteiger partial charge in [-0.1, -0.05) is 11.3 Å². The monoisotopic (exact) mass is 469 g/mol. The molecule has 176 valence electrons. The molecule has 2 N–H and O–H groups in total. The quantitative estimate of drug-likeness (QED) is 0.392. The fourth-order valence-corrected chi connectivity index (χ4v) is 5.71. The van der Waals surface area contributed by atoms with Crippen molar-refractivity contribution >= 4 is 5.65 Å². The fourth-order valence-electron chi connectivity index (χ4n) is 5.71. The molecule has 5 aromatic heterocycles. The van der Waals surface area contributed by atoms with Gasteiger partial charge < -0.3 is 10.1 Å². The molecule has 10 heteroatoms. The van der Waals surface area contributed by atoms with Crippen LogP contribution >= 0.6 is 0 Å². The van der Waals surface area contributed by atoms with E-state index in [1.165, 1.54) is 0 Å². The predicted molar refractivity (Wildman–Crippen MR) is 127 cm³/mol. The van der Waals surface area contributed by atoms with Crippen LogP contribution in [-0.4, -0.2) is 44.8 Å². The molecule has 0 unspecified atom stereocenters. The van der Waals surface area contributed by atoms with Gasteiger partial charge in [-0.25, -0.2) is 14.1 Å². The van der Waals surface area contributed by atoms with Gasteiger partial charge >= 0.3 is 0 Å². The molecule has 0 aliphatic heterocycles. The van der Waals surface area contributed by atoms with E-state index in [1.54, 1.807) is 17.1 Å². The van der Waals surface area contributed by atoms with Crippen molar-refractivity contribution in [1.82, 2.24) is 39.1 Å². The molecule has 3 aliphatic carbocycles. The first kappa shape index (κ1) is 20.5. The fraction of sp³-hybridized carbons (Fsp3) is 0.320. The molecular formula is C25H24FN9. The highest BCUT2D eigenvalue weighted by Crippen LogP contribution is 2.70. The minimum Gasteiger partial charge on any atom is -0.326 e. The summed E-state index contributed by atoms with van der Waals surface area (Å²) in [7, 11) is 0. The lowest BCUT2D eigenvalue weighted by Gasteiger charge is -2.65. The number of nitrogens with two attached hydrogens (primary N) is 1. The topological polar surface area (TPSA) is 105 Å². The van der Waals surface area contributed by atoms with Gasteiger partial charge in [0.25, 0.3) is 0 Å². The Bertz CT molecular complexity index is 1540. The summed E-state index contributed by atoms with van der Waals surface area (Å²) in [5.41, 5.74) is 11.1. The lowest BCUT2D eigenvalue weighted by atomic mass is 9.42. The van der Waals surface area contributed by atoms with E-state index in [-0.39, 0.29) is 5.41 Å². The smallest absolute Gasteiger partial charge is 0.137 e. The Morgan fingerprint density at radius 3 is 2.71 bits per heavy atom. The Labute approximate surface area is 200 Å². The van der Waals surface area contributed by atoms with Gasteiger partial charge in [0.1, 0.15) is 17.0 Å². The van der Waals surface area contributed by atoms with Gasteiger partial charge in [0.15, 0.2) is 0 Å². The summed E-state index contributed by atoms with van der Waals surface area (Å²) >= 11 is 0. The lowest BCUT2D eigenvalue weighted by Crippen LogP contribution is -2.65. The molecule has 5 aromatic rings. The number of aromatic nitrogens is 8. The number of pyridine rings is 2. The Kier molecular flexibility index (Phi) is 4.26. The van der Waals surface area contributed by atoms with E-state index in [1.807, 2.05) is 58.0 Å². The van der Waals surface area contributed by atoms with Gasteiger partial charge in [-0.05, 0) is 54.5 Å². The molecule has 5 heterocycles. The Morgan fingerprint density at radius 2 is 1.89 bits per heavy atom. The largest absolute Gasteiger partial charge is 0.326 e. The zero-order chi connectivity index (χ0) is 23.6. The van der Waals surface area contributed by atoms with Crippen LogP contribution in [0.15, 0.2) is 61.3 Å². The maximum atomic E-state index is 14.0. The number of imidazole rings is 1. The second kappa shape index (κ2) is 7.29. The van der Waals surface area contributed by atoms with Crippen molar-refractivity contribution < 1.29 is 4.39 Å². The summed E-state index contributed by atoms with van der Waals surface area (Å²) < 4.78 is 19.7. The van der Waals surface area contributed by atoms with Crippen LogP contribution in [0.2, 0.25) is 0 Å². The summed E-state index contributed by atoms with van der Waals surface area (Å²) in [6, 6.07) is 9.83. The maximum Gasteiger partial charge on any atom is 0.137 e. The van der Waals surface area contributed by atoms with E-state index in [0.29, 0.717) is 32.4 Å². The van der Waals surface area contributed by atoms with Gasteiger partial charge in [-0.2, -0.15) is 5.10 Å². The van der Waals surface area contributed by atoms with Crippen molar-refractivity contribution in [3.05, 3.63) is 72.6 Å². The molecule has 0 radical (unpaired) electrons. The first-order valence-electron chi connectivity index (χ1n) is 11.7. The van der Waals surface area contributed by atoms with Crippen molar-refractivity contribution in [3.8, 4) is 22.6 Å². The standard InChI is InChI=1S/C25H24FN9/c26-25-13-24(14-25,15-25)16-35-22(4-6-29-35)20-7-18(3-5-28-20)21-12-34(32-31-21)11-19-10-33-9-17(8-27)1-2-23(33)30-19/h1-7,9-10,12H,8,11,13-16,27H2. The number of fused-ring (bicyclic) bond motifs is 1. The van der Waals surface area contributed by atoms with Gasteiger partial charge in [-0.15, -0.1) is 5.10 Å². The summed E-state index contributed by atoms with van der Waals surface area (Å²) in [6.45, 7) is 1.73. The van der Waals surface area contributed by atoms with Gasteiger partial charge in [-0.3, -0.25) is 9.67 Å². The third kappa shape index (κ3) is 3.44. The van der Waals surface area contributed by atoms with Crippen LogP contribution in [0.25, 0.3) is 28.3 Å². The molecule has 35 heavy (non-hydrogen) atoms. The molecule has 3 aliphatic rings.